The van der Waals surface area contributed by atoms with E-state index in [0.717, 1.165) is 33.8 Å². The lowest BCUT2D eigenvalue weighted by atomic mass is 9.49. The van der Waals surface area contributed by atoms with Crippen LogP contribution in [-0.2, 0) is 15.1 Å². The molecule has 1 atom stereocenters. The van der Waals surface area contributed by atoms with Crippen molar-refractivity contribution >= 4 is 17.8 Å². The molecule has 2 N–H and O–H groups in total. The van der Waals surface area contributed by atoms with Gasteiger partial charge in [-0.05, 0) is 81.1 Å². The highest BCUT2D eigenvalue weighted by atomic mass is 16.2. The number of carbonyl (C=O) groups excluding carboxylic acids is 3. The molecule has 6 rings (SSSR count). The first-order chi connectivity index (χ1) is 14.3. The van der Waals surface area contributed by atoms with Crippen molar-refractivity contribution in [2.24, 2.45) is 23.2 Å². The van der Waals surface area contributed by atoms with Gasteiger partial charge in [-0.1, -0.05) is 29.8 Å². The minimum atomic E-state index is -1.13. The molecule has 1 saturated heterocycles. The van der Waals surface area contributed by atoms with Gasteiger partial charge in [-0.15, -0.1) is 0 Å². The van der Waals surface area contributed by atoms with Crippen LogP contribution in [0.2, 0.25) is 0 Å². The maximum Gasteiger partial charge on any atom is 0.325 e. The molecule has 6 nitrogen and oxygen atoms in total. The molecule has 4 saturated carbocycles. The van der Waals surface area contributed by atoms with Gasteiger partial charge in [-0.3, -0.25) is 14.5 Å². The molecule has 4 bridgehead atoms. The lowest BCUT2D eigenvalue weighted by Gasteiger charge is -2.56. The summed E-state index contributed by atoms with van der Waals surface area (Å²) in [4.78, 5) is 39.3. The van der Waals surface area contributed by atoms with Crippen LogP contribution in [0, 0.1) is 30.1 Å². The zero-order valence-electron chi connectivity index (χ0n) is 17.9. The third-order valence-electron chi connectivity index (χ3n) is 8.03. The maximum atomic E-state index is 13.0. The molecule has 1 aromatic carbocycles. The molecule has 6 heteroatoms. The van der Waals surface area contributed by atoms with Crippen molar-refractivity contribution in [1.82, 2.24) is 15.5 Å². The molecule has 0 radical (unpaired) electrons. The molecule has 0 spiro atoms. The predicted molar refractivity (Wildman–Crippen MR) is 112 cm³/mol. The fourth-order valence-corrected chi connectivity index (χ4v) is 6.92. The Morgan fingerprint density at radius 1 is 1.07 bits per heavy atom. The van der Waals surface area contributed by atoms with Crippen molar-refractivity contribution in [3.05, 3.63) is 35.4 Å². The fraction of sp³-hybridized carbons (Fsp3) is 0.625. The Morgan fingerprint density at radius 3 is 2.20 bits per heavy atom. The first kappa shape index (κ1) is 19.6. The second-order valence-electron chi connectivity index (χ2n) is 10.5. The van der Waals surface area contributed by atoms with Crippen LogP contribution < -0.4 is 10.6 Å². The molecule has 1 heterocycles. The highest BCUT2D eigenvalue weighted by Gasteiger charge is 2.52. The van der Waals surface area contributed by atoms with Gasteiger partial charge in [0.15, 0.2) is 0 Å². The van der Waals surface area contributed by atoms with E-state index >= 15 is 0 Å². The molecule has 5 fully saturated rings. The third-order valence-corrected chi connectivity index (χ3v) is 8.03. The van der Waals surface area contributed by atoms with Gasteiger partial charge < -0.3 is 10.6 Å². The molecule has 4 amide bonds. The second kappa shape index (κ2) is 6.82. The number of nitrogens with zero attached hydrogens (tertiary/aromatic N) is 1. The molecule has 1 aliphatic heterocycles. The number of rotatable bonds is 5. The van der Waals surface area contributed by atoms with Gasteiger partial charge in [-0.25, -0.2) is 4.79 Å². The SMILES string of the molecule is Cc1ccc(C2(C)NC(=O)N(CC(=O)NCC34CC5CC(CC(C5)C3)C4)C2=O)cc1. The number of aryl methyl sites for hydroxylation is 1. The summed E-state index contributed by atoms with van der Waals surface area (Å²) in [5.41, 5.74) is 0.909. The monoisotopic (exact) mass is 409 g/mol. The van der Waals surface area contributed by atoms with Crippen LogP contribution in [0.25, 0.3) is 0 Å². The Kier molecular flexibility index (Phi) is 4.46. The number of hydrogen-bond acceptors (Lipinski definition) is 3. The van der Waals surface area contributed by atoms with Crippen molar-refractivity contribution in [2.75, 3.05) is 13.1 Å². The molecule has 5 aliphatic rings. The van der Waals surface area contributed by atoms with Gasteiger partial charge in [0.25, 0.3) is 5.91 Å². The van der Waals surface area contributed by atoms with Crippen molar-refractivity contribution in [3.8, 4) is 0 Å². The number of hydrogen-bond donors (Lipinski definition) is 2. The summed E-state index contributed by atoms with van der Waals surface area (Å²) in [7, 11) is 0. The summed E-state index contributed by atoms with van der Waals surface area (Å²) in [6.45, 7) is 4.12. The largest absolute Gasteiger partial charge is 0.354 e. The molecule has 1 aromatic rings. The van der Waals surface area contributed by atoms with E-state index in [1.165, 1.54) is 38.5 Å². The van der Waals surface area contributed by atoms with E-state index in [0.29, 0.717) is 6.54 Å². The number of benzene rings is 1. The smallest absolute Gasteiger partial charge is 0.325 e. The van der Waals surface area contributed by atoms with E-state index in [1.807, 2.05) is 31.2 Å². The number of nitrogens with one attached hydrogen (secondary N) is 2. The molecule has 30 heavy (non-hydrogen) atoms. The van der Waals surface area contributed by atoms with Gasteiger partial charge in [0, 0.05) is 6.54 Å². The van der Waals surface area contributed by atoms with E-state index in [2.05, 4.69) is 10.6 Å². The van der Waals surface area contributed by atoms with Crippen molar-refractivity contribution in [2.45, 2.75) is 57.9 Å². The van der Waals surface area contributed by atoms with Crippen molar-refractivity contribution in [1.29, 1.82) is 0 Å². The Labute approximate surface area is 177 Å². The van der Waals surface area contributed by atoms with Crippen LogP contribution >= 0.6 is 0 Å². The molecule has 160 valence electrons. The summed E-state index contributed by atoms with van der Waals surface area (Å²) >= 11 is 0. The molecule has 4 aliphatic carbocycles. The summed E-state index contributed by atoms with van der Waals surface area (Å²) < 4.78 is 0. The van der Waals surface area contributed by atoms with Gasteiger partial charge in [0.2, 0.25) is 5.91 Å². The molecule has 1 unspecified atom stereocenters. The van der Waals surface area contributed by atoms with Crippen LogP contribution in [0.15, 0.2) is 24.3 Å². The Bertz CT molecular complexity index is 858. The quantitative estimate of drug-likeness (QED) is 0.734. The lowest BCUT2D eigenvalue weighted by molar-refractivity contribution is -0.135. The second-order valence-corrected chi connectivity index (χ2v) is 10.5. The van der Waals surface area contributed by atoms with Crippen molar-refractivity contribution < 1.29 is 14.4 Å². The Balaban J connectivity index is 1.22. The van der Waals surface area contributed by atoms with Crippen molar-refractivity contribution in [3.63, 3.8) is 0 Å². The van der Waals surface area contributed by atoms with Gasteiger partial charge in [0.05, 0.1) is 0 Å². The topological polar surface area (TPSA) is 78.5 Å². The van der Waals surface area contributed by atoms with E-state index in [-0.39, 0.29) is 23.8 Å². The highest BCUT2D eigenvalue weighted by molar-refractivity contribution is 6.09. The maximum absolute atomic E-state index is 13.0. The molecule has 0 aromatic heterocycles. The van der Waals surface area contributed by atoms with Gasteiger partial charge in [-0.2, -0.15) is 0 Å². The first-order valence-corrected chi connectivity index (χ1v) is 11.2. The average molecular weight is 410 g/mol. The number of carbonyl (C=O) groups is 3. The zero-order valence-corrected chi connectivity index (χ0v) is 17.9. The van der Waals surface area contributed by atoms with Crippen LogP contribution in [0.3, 0.4) is 0 Å². The van der Waals surface area contributed by atoms with Crippen LogP contribution in [0.1, 0.15) is 56.6 Å². The van der Waals surface area contributed by atoms with Gasteiger partial charge >= 0.3 is 6.03 Å². The van der Waals surface area contributed by atoms with Crippen LogP contribution in [0.5, 0.6) is 0 Å². The minimum absolute atomic E-state index is 0.224. The predicted octanol–water partition coefficient (Wildman–Crippen LogP) is 3.09. The summed E-state index contributed by atoms with van der Waals surface area (Å²) in [5.74, 6) is 1.86. The molecular weight excluding hydrogens is 378 g/mol. The summed E-state index contributed by atoms with van der Waals surface area (Å²) in [6.07, 6.45) is 7.75. The van der Waals surface area contributed by atoms with Crippen LogP contribution in [0.4, 0.5) is 4.79 Å². The summed E-state index contributed by atoms with van der Waals surface area (Å²) in [5, 5.41) is 5.85. The lowest BCUT2D eigenvalue weighted by Crippen LogP contribution is -2.52. The molecular formula is C24H31N3O3. The highest BCUT2D eigenvalue weighted by Crippen LogP contribution is 2.59. The van der Waals surface area contributed by atoms with E-state index in [9.17, 15) is 14.4 Å². The average Bonchev–Trinajstić information content (AvgIpc) is 2.90. The van der Waals surface area contributed by atoms with Crippen LogP contribution in [-0.4, -0.2) is 35.8 Å². The fourth-order valence-electron chi connectivity index (χ4n) is 6.92. The summed E-state index contributed by atoms with van der Waals surface area (Å²) in [6, 6.07) is 7.03. The Morgan fingerprint density at radius 2 is 1.63 bits per heavy atom. The minimum Gasteiger partial charge on any atom is -0.354 e. The standard InChI is InChI=1S/C24H31N3O3/c1-15-3-5-19(6-4-15)23(2)21(29)27(22(30)26-23)13-20(28)25-14-24-10-16-7-17(11-24)9-18(8-16)12-24/h3-6,16-18H,7-14H2,1-2H3,(H,25,28)(H,26,30). The number of urea groups is 1. The Hall–Kier alpha value is -2.37. The van der Waals surface area contributed by atoms with E-state index in [4.69, 9.17) is 0 Å². The normalized spacial score (nSPS) is 36.9. The number of amides is 4. The number of imide groups is 1. The zero-order chi connectivity index (χ0) is 21.1. The third kappa shape index (κ3) is 3.21. The van der Waals surface area contributed by atoms with E-state index < -0.39 is 11.6 Å². The van der Waals surface area contributed by atoms with E-state index in [1.54, 1.807) is 6.92 Å². The van der Waals surface area contributed by atoms with Gasteiger partial charge in [0.1, 0.15) is 12.1 Å². The first-order valence-electron chi connectivity index (χ1n) is 11.2.